The van der Waals surface area contributed by atoms with Crippen LogP contribution < -0.4 is 0 Å². The summed E-state index contributed by atoms with van der Waals surface area (Å²) < 4.78 is 0. The topological polar surface area (TPSA) is 66.2 Å². The van der Waals surface area contributed by atoms with Crippen LogP contribution in [-0.4, -0.2) is 20.2 Å². The van der Waals surface area contributed by atoms with Crippen molar-refractivity contribution in [3.05, 3.63) is 52.3 Å². The minimum Gasteiger partial charge on any atom is -0.493 e. The molecule has 0 aliphatic rings. The Kier molecular flexibility index (Phi) is 3.68. The van der Waals surface area contributed by atoms with Gasteiger partial charge in [-0.05, 0) is 24.3 Å². The van der Waals surface area contributed by atoms with E-state index in [0.717, 1.165) is 0 Å². The van der Waals surface area contributed by atoms with Crippen LogP contribution in [0.5, 0.6) is 5.88 Å². The Morgan fingerprint density at radius 1 is 1.05 bits per heavy atom. The number of halogens is 2. The molecule has 106 valence electrons. The SMILES string of the molecule is OCc1ccc2c(O)ncc(-c3c(Cl)cccc3Cl)c2n1. The van der Waals surface area contributed by atoms with Gasteiger partial charge in [-0.15, -0.1) is 0 Å². The summed E-state index contributed by atoms with van der Waals surface area (Å²) in [5, 5.41) is 20.5. The van der Waals surface area contributed by atoms with Gasteiger partial charge in [-0.1, -0.05) is 29.3 Å². The molecule has 2 aromatic heterocycles. The number of nitrogens with zero attached hydrogens (tertiary/aromatic N) is 2. The van der Waals surface area contributed by atoms with Crippen LogP contribution in [-0.2, 0) is 6.61 Å². The lowest BCUT2D eigenvalue weighted by Crippen LogP contribution is -1.94. The van der Waals surface area contributed by atoms with E-state index in [4.69, 9.17) is 23.2 Å². The van der Waals surface area contributed by atoms with Gasteiger partial charge in [0.15, 0.2) is 0 Å². The number of rotatable bonds is 2. The van der Waals surface area contributed by atoms with E-state index < -0.39 is 0 Å². The van der Waals surface area contributed by atoms with E-state index in [0.29, 0.717) is 37.8 Å². The van der Waals surface area contributed by atoms with Gasteiger partial charge >= 0.3 is 0 Å². The van der Waals surface area contributed by atoms with E-state index in [1.807, 2.05) is 0 Å². The average molecular weight is 321 g/mol. The van der Waals surface area contributed by atoms with Crippen molar-refractivity contribution in [2.75, 3.05) is 0 Å². The van der Waals surface area contributed by atoms with Crippen LogP contribution in [0.1, 0.15) is 5.69 Å². The smallest absolute Gasteiger partial charge is 0.220 e. The molecule has 21 heavy (non-hydrogen) atoms. The third kappa shape index (κ3) is 2.42. The largest absolute Gasteiger partial charge is 0.493 e. The fourth-order valence-corrected chi connectivity index (χ4v) is 2.77. The van der Waals surface area contributed by atoms with Crippen LogP contribution in [0.4, 0.5) is 0 Å². The molecule has 0 unspecified atom stereocenters. The standard InChI is InChI=1S/C15H10Cl2N2O2/c16-11-2-1-3-12(17)13(11)10-6-18-15(21)9-5-4-8(7-20)19-14(9)10/h1-6,20H,7H2,(H,18,21). The zero-order valence-corrected chi connectivity index (χ0v) is 12.2. The Morgan fingerprint density at radius 3 is 2.43 bits per heavy atom. The summed E-state index contributed by atoms with van der Waals surface area (Å²) in [5.41, 5.74) is 2.18. The van der Waals surface area contributed by atoms with Gasteiger partial charge in [0.25, 0.3) is 0 Å². The fourth-order valence-electron chi connectivity index (χ4n) is 2.17. The van der Waals surface area contributed by atoms with E-state index in [2.05, 4.69) is 9.97 Å². The first-order chi connectivity index (χ1) is 10.1. The minimum atomic E-state index is -0.200. The van der Waals surface area contributed by atoms with Gasteiger partial charge in [0, 0.05) is 17.3 Å². The molecule has 2 heterocycles. The van der Waals surface area contributed by atoms with Crippen LogP contribution in [0.2, 0.25) is 10.0 Å². The second-order valence-corrected chi connectivity index (χ2v) is 5.26. The van der Waals surface area contributed by atoms with E-state index in [9.17, 15) is 10.2 Å². The number of hydrogen-bond donors (Lipinski definition) is 2. The highest BCUT2D eigenvalue weighted by Crippen LogP contribution is 2.39. The Hall–Kier alpha value is -1.88. The zero-order valence-electron chi connectivity index (χ0n) is 10.7. The first kappa shape index (κ1) is 14.1. The molecule has 0 spiro atoms. The second kappa shape index (κ2) is 5.48. The molecule has 0 bridgehead atoms. The molecule has 0 fully saturated rings. The molecule has 0 aliphatic carbocycles. The lowest BCUT2D eigenvalue weighted by molar-refractivity contribution is 0.277. The molecule has 0 aliphatic heterocycles. The molecule has 0 atom stereocenters. The summed E-state index contributed by atoms with van der Waals surface area (Å²) in [5.74, 6) is -0.131. The van der Waals surface area contributed by atoms with Crippen molar-refractivity contribution in [1.29, 1.82) is 0 Å². The Labute approximate surface area is 130 Å². The molecule has 3 rings (SSSR count). The van der Waals surface area contributed by atoms with Gasteiger partial charge in [0.1, 0.15) is 0 Å². The number of aromatic nitrogens is 2. The summed E-state index contributed by atoms with van der Waals surface area (Å²) in [6.07, 6.45) is 1.47. The number of fused-ring (bicyclic) bond motifs is 1. The molecule has 0 saturated carbocycles. The molecule has 6 heteroatoms. The van der Waals surface area contributed by atoms with Gasteiger partial charge in [-0.3, -0.25) is 0 Å². The monoisotopic (exact) mass is 320 g/mol. The van der Waals surface area contributed by atoms with E-state index >= 15 is 0 Å². The number of aliphatic hydroxyl groups is 1. The predicted molar refractivity (Wildman–Crippen MR) is 82.6 cm³/mol. The third-order valence-corrected chi connectivity index (χ3v) is 3.79. The van der Waals surface area contributed by atoms with Crippen LogP contribution in [0.3, 0.4) is 0 Å². The van der Waals surface area contributed by atoms with Crippen molar-refractivity contribution in [2.24, 2.45) is 0 Å². The predicted octanol–water partition coefficient (Wildman–Crippen LogP) is 3.80. The first-order valence-corrected chi connectivity index (χ1v) is 6.90. The second-order valence-electron chi connectivity index (χ2n) is 4.45. The highest BCUT2D eigenvalue weighted by Gasteiger charge is 2.15. The molecule has 0 saturated heterocycles. The Bertz CT molecular complexity index is 817. The van der Waals surface area contributed by atoms with Gasteiger partial charge in [0.05, 0.1) is 33.2 Å². The normalized spacial score (nSPS) is 11.0. The van der Waals surface area contributed by atoms with Gasteiger partial charge in [-0.25, -0.2) is 9.97 Å². The van der Waals surface area contributed by atoms with Crippen molar-refractivity contribution in [3.63, 3.8) is 0 Å². The summed E-state index contributed by atoms with van der Waals surface area (Å²) in [4.78, 5) is 8.30. The maximum Gasteiger partial charge on any atom is 0.220 e. The maximum atomic E-state index is 9.87. The summed E-state index contributed by atoms with van der Waals surface area (Å²) in [7, 11) is 0. The zero-order chi connectivity index (χ0) is 15.0. The molecule has 1 aromatic carbocycles. The van der Waals surface area contributed by atoms with E-state index in [-0.39, 0.29) is 12.5 Å². The first-order valence-electron chi connectivity index (χ1n) is 6.14. The average Bonchev–Trinajstić information content (AvgIpc) is 2.49. The number of pyridine rings is 2. The quantitative estimate of drug-likeness (QED) is 0.753. The van der Waals surface area contributed by atoms with Gasteiger partial charge < -0.3 is 10.2 Å². The molecule has 2 N–H and O–H groups in total. The molecule has 4 nitrogen and oxygen atoms in total. The molecule has 0 amide bonds. The molecule has 0 radical (unpaired) electrons. The lowest BCUT2D eigenvalue weighted by Gasteiger charge is -2.11. The van der Waals surface area contributed by atoms with Crippen molar-refractivity contribution in [3.8, 4) is 17.0 Å². The minimum absolute atomic E-state index is 0.131. The van der Waals surface area contributed by atoms with Crippen LogP contribution in [0, 0.1) is 0 Å². The van der Waals surface area contributed by atoms with Crippen LogP contribution in [0.25, 0.3) is 22.0 Å². The van der Waals surface area contributed by atoms with Crippen molar-refractivity contribution < 1.29 is 10.2 Å². The van der Waals surface area contributed by atoms with Gasteiger partial charge in [-0.2, -0.15) is 0 Å². The van der Waals surface area contributed by atoms with Crippen LogP contribution >= 0.6 is 23.2 Å². The number of benzene rings is 1. The van der Waals surface area contributed by atoms with E-state index in [1.165, 1.54) is 6.20 Å². The highest BCUT2D eigenvalue weighted by molar-refractivity contribution is 6.39. The fraction of sp³-hybridized carbons (Fsp3) is 0.0667. The number of aliphatic hydroxyl groups excluding tert-OH is 1. The maximum absolute atomic E-state index is 9.87. The van der Waals surface area contributed by atoms with Gasteiger partial charge in [0.2, 0.25) is 5.88 Å². The molecule has 3 aromatic rings. The highest BCUT2D eigenvalue weighted by atomic mass is 35.5. The van der Waals surface area contributed by atoms with Crippen molar-refractivity contribution >= 4 is 34.1 Å². The number of aromatic hydroxyl groups is 1. The lowest BCUT2D eigenvalue weighted by atomic mass is 10.0. The third-order valence-electron chi connectivity index (χ3n) is 3.16. The van der Waals surface area contributed by atoms with Crippen molar-refractivity contribution in [2.45, 2.75) is 6.61 Å². The summed E-state index contributed by atoms with van der Waals surface area (Å²) >= 11 is 12.5. The summed E-state index contributed by atoms with van der Waals surface area (Å²) in [6.45, 7) is -0.200. The van der Waals surface area contributed by atoms with Crippen LogP contribution in [0.15, 0.2) is 36.5 Å². The molecular weight excluding hydrogens is 311 g/mol. The summed E-state index contributed by atoms with van der Waals surface area (Å²) in [6, 6.07) is 8.47. The van der Waals surface area contributed by atoms with Crippen molar-refractivity contribution in [1.82, 2.24) is 9.97 Å². The number of hydrogen-bond acceptors (Lipinski definition) is 4. The molecular formula is C15H10Cl2N2O2. The Morgan fingerprint density at radius 2 is 1.76 bits per heavy atom. The Balaban J connectivity index is 2.40. The van der Waals surface area contributed by atoms with E-state index in [1.54, 1.807) is 30.3 Å².